The molecule has 386 valence electrons. The highest BCUT2D eigenvalue weighted by molar-refractivity contribution is 5.83. The minimum Gasteiger partial charge on any atom is -0.462 e. The Morgan fingerprint density at radius 2 is 1.54 bits per heavy atom. The summed E-state index contributed by atoms with van der Waals surface area (Å²) in [4.78, 5) is 61.8. The van der Waals surface area contributed by atoms with Crippen molar-refractivity contribution in [2.24, 2.45) is 16.8 Å². The largest absolute Gasteiger partial charge is 0.462 e. The zero-order valence-electron chi connectivity index (χ0n) is 44.4. The summed E-state index contributed by atoms with van der Waals surface area (Å²) >= 11 is 0. The molecule has 7 rings (SSSR count). The van der Waals surface area contributed by atoms with Crippen LogP contribution in [-0.2, 0) is 28.6 Å². The number of likely N-dealkylation sites (N-methyl/N-ethyl adjacent to an activating group) is 2. The molecule has 5 aliphatic rings. The van der Waals surface area contributed by atoms with Crippen LogP contribution in [0.15, 0.2) is 29.5 Å². The molecule has 5 atom stereocenters. The molecule has 0 radical (unpaired) electrons. The number of nitrogens with zero attached hydrogens (tertiary/aromatic N) is 4. The quantitative estimate of drug-likeness (QED) is 0.105. The topological polar surface area (TPSA) is 180 Å². The number of aromatic amines is 1. The molecule has 4 unspecified atom stereocenters. The van der Waals surface area contributed by atoms with E-state index in [0.717, 1.165) is 88.2 Å². The van der Waals surface area contributed by atoms with Gasteiger partial charge in [-0.1, -0.05) is 46.8 Å². The maximum Gasteiger partial charge on any atom is 0.408 e. The number of carbonyl (C=O) groups excluding carboxylic acids is 4. The lowest BCUT2D eigenvalue weighted by Gasteiger charge is -2.31. The van der Waals surface area contributed by atoms with Crippen LogP contribution >= 0.6 is 0 Å². The van der Waals surface area contributed by atoms with Crippen LogP contribution in [0.4, 0.5) is 4.79 Å². The minimum absolute atomic E-state index is 0.0231. The predicted octanol–water partition coefficient (Wildman–Crippen LogP) is 9.68. The average molecular weight is 961 g/mol. The monoisotopic (exact) mass is 961 g/mol. The average Bonchev–Trinajstić information content (AvgIpc) is 4.14. The van der Waals surface area contributed by atoms with E-state index in [2.05, 4.69) is 82.2 Å². The summed E-state index contributed by atoms with van der Waals surface area (Å²) in [6.45, 7) is 28.3. The van der Waals surface area contributed by atoms with E-state index in [-0.39, 0.29) is 42.3 Å². The first-order valence-corrected chi connectivity index (χ1v) is 25.6. The zero-order chi connectivity index (χ0) is 51.1. The highest BCUT2D eigenvalue weighted by atomic mass is 16.6. The van der Waals surface area contributed by atoms with Crippen molar-refractivity contribution < 1.29 is 33.4 Å². The van der Waals surface area contributed by atoms with Crippen molar-refractivity contribution in [2.45, 2.75) is 194 Å². The van der Waals surface area contributed by atoms with E-state index in [1.54, 1.807) is 27.8 Å². The number of rotatable bonds is 14. The Kier molecular flexibility index (Phi) is 21.9. The molecular weight excluding hydrogens is 873 g/mol. The number of amides is 2. The second-order valence-corrected chi connectivity index (χ2v) is 22.2. The summed E-state index contributed by atoms with van der Waals surface area (Å²) in [6.07, 6.45) is 15.4. The van der Waals surface area contributed by atoms with Crippen molar-refractivity contribution in [3.05, 3.63) is 58.3 Å². The van der Waals surface area contributed by atoms with E-state index in [0.29, 0.717) is 36.8 Å². The number of benzene rings is 1. The Balaban J connectivity index is 0.000000462. The van der Waals surface area contributed by atoms with Gasteiger partial charge < -0.3 is 49.7 Å². The van der Waals surface area contributed by atoms with Gasteiger partial charge in [-0.3, -0.25) is 14.6 Å². The number of nitrogens with one attached hydrogen (secondary N) is 4. The molecule has 2 aromatic rings. The SMILES string of the molecule is C=N/C=C(\NCC1CCCN1C)c1ccc(C2CCC(c3cnc([C@@H]4CCCN4C(=O)CNC(=O)OC(C)(C)C)[nH]3)CC2)c2c1C1CCC2O1.CC(C)(C)OC=O.CC(C)C.CNC(C=O)C(C)C. The normalized spacial score (nSPS) is 23.6. The van der Waals surface area contributed by atoms with Crippen molar-refractivity contribution in [1.29, 1.82) is 0 Å². The second kappa shape index (κ2) is 26.6. The van der Waals surface area contributed by atoms with Gasteiger partial charge in [-0.05, 0) is 168 Å². The first-order chi connectivity index (χ1) is 32.6. The van der Waals surface area contributed by atoms with E-state index in [1.165, 1.54) is 40.8 Å². The van der Waals surface area contributed by atoms with Crippen LogP contribution in [0.25, 0.3) is 5.70 Å². The van der Waals surface area contributed by atoms with Gasteiger partial charge in [0, 0.05) is 48.7 Å². The first-order valence-electron chi connectivity index (χ1n) is 25.6. The summed E-state index contributed by atoms with van der Waals surface area (Å²) < 4.78 is 16.4. The molecule has 1 aromatic heterocycles. The van der Waals surface area contributed by atoms with Crippen molar-refractivity contribution in [2.75, 3.05) is 40.3 Å². The van der Waals surface area contributed by atoms with Gasteiger partial charge in [-0.2, -0.15) is 0 Å². The van der Waals surface area contributed by atoms with E-state index < -0.39 is 11.7 Å². The lowest BCUT2D eigenvalue weighted by molar-refractivity contribution is -0.138. The molecule has 2 bridgehead atoms. The molecule has 15 heteroatoms. The fourth-order valence-electron chi connectivity index (χ4n) is 9.84. The summed E-state index contributed by atoms with van der Waals surface area (Å²) in [7, 11) is 4.01. The number of ether oxygens (including phenoxy) is 3. The van der Waals surface area contributed by atoms with Crippen LogP contribution in [0.1, 0.15) is 204 Å². The van der Waals surface area contributed by atoms with Crippen LogP contribution in [0.3, 0.4) is 0 Å². The minimum atomic E-state index is -0.611. The molecule has 4 aliphatic heterocycles. The fraction of sp³-hybridized carbons (Fsp3) is 0.704. The number of H-pyrrole nitrogens is 1. The van der Waals surface area contributed by atoms with Crippen molar-refractivity contribution >= 4 is 37.2 Å². The number of likely N-dealkylation sites (tertiary alicyclic amines) is 2. The molecule has 1 aromatic carbocycles. The number of carbonyl (C=O) groups is 4. The van der Waals surface area contributed by atoms with Crippen molar-refractivity contribution in [3.63, 3.8) is 0 Å². The Hall–Kier alpha value is -4.60. The summed E-state index contributed by atoms with van der Waals surface area (Å²) in [5.41, 5.74) is 6.80. The molecule has 0 spiro atoms. The summed E-state index contributed by atoms with van der Waals surface area (Å²) in [6, 6.07) is 5.15. The maximum atomic E-state index is 13.1. The molecule has 2 amide bonds. The molecule has 15 nitrogen and oxygen atoms in total. The number of aromatic nitrogens is 2. The lowest BCUT2D eigenvalue weighted by Crippen LogP contribution is -2.41. The van der Waals surface area contributed by atoms with Crippen LogP contribution in [0.2, 0.25) is 0 Å². The number of imidazole rings is 1. The van der Waals surface area contributed by atoms with Crippen molar-refractivity contribution in [3.8, 4) is 0 Å². The number of hydrogen-bond acceptors (Lipinski definition) is 12. The lowest BCUT2D eigenvalue weighted by atomic mass is 9.73. The number of aldehydes is 1. The molecule has 5 heterocycles. The van der Waals surface area contributed by atoms with E-state index in [9.17, 15) is 19.2 Å². The predicted molar refractivity (Wildman–Crippen MR) is 275 cm³/mol. The Morgan fingerprint density at radius 3 is 2.06 bits per heavy atom. The zero-order valence-corrected chi connectivity index (χ0v) is 44.4. The third-order valence-corrected chi connectivity index (χ3v) is 13.2. The number of alkyl carbamates (subject to hydrolysis) is 1. The highest BCUT2D eigenvalue weighted by Crippen LogP contribution is 2.56. The van der Waals surface area contributed by atoms with E-state index in [4.69, 9.17) is 14.5 Å². The maximum absolute atomic E-state index is 13.1. The number of aliphatic imine (C=N–C) groups is 1. The Morgan fingerprint density at radius 1 is 0.899 bits per heavy atom. The number of hydrogen-bond donors (Lipinski definition) is 4. The Bertz CT molecular complexity index is 1990. The fourth-order valence-corrected chi connectivity index (χ4v) is 9.84. The second-order valence-electron chi connectivity index (χ2n) is 22.2. The van der Waals surface area contributed by atoms with Crippen molar-refractivity contribution in [1.82, 2.24) is 35.7 Å². The molecule has 1 saturated carbocycles. The van der Waals surface area contributed by atoms with E-state index >= 15 is 0 Å². The van der Waals surface area contributed by atoms with Gasteiger partial charge in [0.2, 0.25) is 5.91 Å². The molecular formula is C54H88N8O7. The summed E-state index contributed by atoms with van der Waals surface area (Å²) in [5.74, 6) is 2.88. The summed E-state index contributed by atoms with van der Waals surface area (Å²) in [5, 5.41) is 9.24. The first kappa shape index (κ1) is 57.0. The van der Waals surface area contributed by atoms with Crippen LogP contribution < -0.4 is 16.0 Å². The molecule has 3 saturated heterocycles. The van der Waals surface area contributed by atoms with Gasteiger partial charge in [-0.25, -0.2) is 9.78 Å². The Labute approximate surface area is 414 Å². The third-order valence-electron chi connectivity index (χ3n) is 13.2. The van der Waals surface area contributed by atoms with Gasteiger partial charge >= 0.3 is 6.09 Å². The molecule has 69 heavy (non-hydrogen) atoms. The van der Waals surface area contributed by atoms with Crippen LogP contribution in [0.5, 0.6) is 0 Å². The smallest absolute Gasteiger partial charge is 0.408 e. The standard InChI is InChI=1S/C39H55N7O4.C6H13NO.C5H10O2.C4H10/c1-39(2,3)50-38(48)43-23-34(47)46-19-7-9-31(46)37-42-22-29(44-37)25-12-10-24(11-13-25)27-14-15-28(36-33-17-16-32(49-33)35(27)36)30(21-40-4)41-20-26-8-6-18-45(26)5;1-5(2)6(4-8)7-3;1-5(2,3)7-4-6;1-4(2)3/h14-15,21-22,24-26,31-33,41H,4,6-13,16-20,23H2,1-3,5H3,(H,42,44)(H,43,48);4-7H,1-3H3;4H,1-3H3;4H,1-3H3/b30-21-;;;/t24?,25?,26?,31-,32?,33?;;;/m0.../s1. The van der Waals surface area contributed by atoms with Crippen LogP contribution in [0, 0.1) is 11.8 Å². The molecule has 4 fully saturated rings. The number of fused-ring (bicyclic) bond motifs is 5. The van der Waals surface area contributed by atoms with Gasteiger partial charge in [0.1, 0.15) is 29.9 Å². The van der Waals surface area contributed by atoms with Gasteiger partial charge in [0.15, 0.2) is 0 Å². The van der Waals surface area contributed by atoms with Gasteiger partial charge in [-0.15, -0.1) is 0 Å². The molecule has 4 N–H and O–H groups in total. The van der Waals surface area contributed by atoms with Crippen LogP contribution in [-0.4, -0.2) is 115 Å². The van der Waals surface area contributed by atoms with Gasteiger partial charge in [0.05, 0.1) is 30.0 Å². The molecule has 1 aliphatic carbocycles. The van der Waals surface area contributed by atoms with Gasteiger partial charge in [0.25, 0.3) is 6.47 Å². The highest BCUT2D eigenvalue weighted by Gasteiger charge is 2.43. The third kappa shape index (κ3) is 17.0. The van der Waals surface area contributed by atoms with E-state index in [1.807, 2.05) is 51.9 Å².